The number of esters is 2. The van der Waals surface area contributed by atoms with Crippen molar-refractivity contribution in [3.05, 3.63) is 59.3 Å². The number of methoxy groups -OCH3 is 1. The summed E-state index contributed by atoms with van der Waals surface area (Å²) in [6.45, 7) is 16.4. The summed E-state index contributed by atoms with van der Waals surface area (Å²) in [4.78, 5) is 36.8. The van der Waals surface area contributed by atoms with Gasteiger partial charge in [-0.25, -0.2) is 14.4 Å². The number of ether oxygens (including phenoxy) is 4. The van der Waals surface area contributed by atoms with Gasteiger partial charge in [0.15, 0.2) is 5.79 Å². The van der Waals surface area contributed by atoms with Crippen LogP contribution in [0.2, 0.25) is 0 Å². The molecular weight excluding hydrogens is 632 g/mol. The average molecular weight is 691 g/mol. The van der Waals surface area contributed by atoms with Crippen molar-refractivity contribution < 1.29 is 53.8 Å². The molecule has 1 saturated heterocycles. The fraction of sp³-hybridized carbons (Fsp3) is 0.658. The van der Waals surface area contributed by atoms with Crippen LogP contribution in [0.1, 0.15) is 81.6 Å². The number of allylic oxidation sites excluding steroid dienone is 5. The van der Waals surface area contributed by atoms with Crippen LogP contribution in [-0.4, -0.2) is 87.9 Å². The van der Waals surface area contributed by atoms with E-state index in [1.54, 1.807) is 39.0 Å². The Hall–Kier alpha value is -3.09. The van der Waals surface area contributed by atoms with Crippen molar-refractivity contribution >= 4 is 17.9 Å². The SMILES string of the molecule is CC[C@H]1O[C@@](O)([C@@H](C)[C@H](O)[C@H](C)[C@H]2OC(=O)/C(C)=C\C(C)=C/[C@@H](C)[C@@H](O)[C@@H](C)C/C(C)=C/C=C/[C@@H]2OC)C[C@@H](OC(=O)/C=C/C(=O)O)[C@H]1C. The number of cyclic esters (lactones) is 1. The molecule has 2 aliphatic heterocycles. The van der Waals surface area contributed by atoms with E-state index in [9.17, 15) is 29.7 Å². The third-order valence-corrected chi connectivity index (χ3v) is 9.91. The number of aliphatic hydroxyl groups is 3. The zero-order valence-corrected chi connectivity index (χ0v) is 30.7. The molecule has 0 spiro atoms. The van der Waals surface area contributed by atoms with Gasteiger partial charge in [-0.3, -0.25) is 0 Å². The van der Waals surface area contributed by atoms with Gasteiger partial charge in [0.2, 0.25) is 0 Å². The fourth-order valence-electron chi connectivity index (χ4n) is 6.79. The lowest BCUT2D eigenvalue weighted by atomic mass is 9.77. The minimum atomic E-state index is -1.95. The molecule has 0 aromatic rings. The Morgan fingerprint density at radius 2 is 1.80 bits per heavy atom. The standard InChI is InChI=1S/C38H58O11/c1-11-29-26(7)31(47-33(41)16-15-32(39)40)20-38(45,49-29)28(9)35(43)27(8)36-30(46-10)14-12-13-21(2)17-23(4)34(42)24(5)18-22(3)19-25(6)37(44)48-36/h12-16,18-19,23-24,26-31,34-36,42-43,45H,11,17,20H2,1-10H3,(H,39,40)/b14-12+,16-15+,21-13+,22-18-,25-19-/t23-,24+,26-,27-,28-,29+,30-,31+,34-,35+,36+,38+/m0/s1. The third-order valence-electron chi connectivity index (χ3n) is 9.91. The van der Waals surface area contributed by atoms with E-state index in [2.05, 4.69) is 0 Å². The van der Waals surface area contributed by atoms with Gasteiger partial charge in [-0.15, -0.1) is 0 Å². The molecule has 0 aromatic carbocycles. The monoisotopic (exact) mass is 690 g/mol. The van der Waals surface area contributed by atoms with Crippen LogP contribution in [-0.2, 0) is 33.3 Å². The lowest BCUT2D eigenvalue weighted by Crippen LogP contribution is -2.58. The minimum absolute atomic E-state index is 0.0123. The topological polar surface area (TPSA) is 169 Å². The van der Waals surface area contributed by atoms with Crippen LogP contribution < -0.4 is 0 Å². The largest absolute Gasteiger partial charge is 0.478 e. The maximum absolute atomic E-state index is 13.5. The molecule has 12 atom stereocenters. The van der Waals surface area contributed by atoms with E-state index in [0.29, 0.717) is 24.5 Å². The van der Waals surface area contributed by atoms with Gasteiger partial charge in [0, 0.05) is 54.9 Å². The number of hydrogen-bond donors (Lipinski definition) is 4. The number of hydrogen-bond acceptors (Lipinski definition) is 10. The van der Waals surface area contributed by atoms with Crippen LogP contribution in [0.5, 0.6) is 0 Å². The molecule has 2 aliphatic rings. The van der Waals surface area contributed by atoms with Gasteiger partial charge in [0.05, 0.1) is 18.3 Å². The molecule has 0 aromatic heterocycles. The third kappa shape index (κ3) is 11.7. The van der Waals surface area contributed by atoms with E-state index < -0.39 is 72.2 Å². The summed E-state index contributed by atoms with van der Waals surface area (Å²) in [6.07, 6.45) is 6.52. The van der Waals surface area contributed by atoms with Crippen molar-refractivity contribution in [2.75, 3.05) is 7.11 Å². The van der Waals surface area contributed by atoms with Gasteiger partial charge in [-0.05, 0) is 45.6 Å². The second-order valence-corrected chi connectivity index (χ2v) is 14.0. The predicted octanol–water partition coefficient (Wildman–Crippen LogP) is 5.05. The van der Waals surface area contributed by atoms with Gasteiger partial charge in [0.1, 0.15) is 18.3 Å². The summed E-state index contributed by atoms with van der Waals surface area (Å²) in [7, 11) is 1.48. The van der Waals surface area contributed by atoms with Crippen LogP contribution in [0.15, 0.2) is 59.3 Å². The Labute approximate surface area is 291 Å². The number of carbonyl (C=O) groups excluding carboxylic acids is 2. The summed E-state index contributed by atoms with van der Waals surface area (Å²) < 4.78 is 23.6. The molecule has 1 fully saturated rings. The quantitative estimate of drug-likeness (QED) is 0.189. The first-order valence-electron chi connectivity index (χ1n) is 17.2. The molecule has 0 aliphatic carbocycles. The number of rotatable bonds is 9. The molecule has 276 valence electrons. The van der Waals surface area contributed by atoms with Gasteiger partial charge in [0.25, 0.3) is 0 Å². The molecule has 11 nitrogen and oxygen atoms in total. The summed E-state index contributed by atoms with van der Waals surface area (Å²) in [5, 5.41) is 43.5. The van der Waals surface area contributed by atoms with Crippen molar-refractivity contribution in [3.63, 3.8) is 0 Å². The highest BCUT2D eigenvalue weighted by Crippen LogP contribution is 2.41. The number of aliphatic hydroxyl groups excluding tert-OH is 2. The second-order valence-electron chi connectivity index (χ2n) is 14.0. The lowest BCUT2D eigenvalue weighted by Gasteiger charge is -2.49. The summed E-state index contributed by atoms with van der Waals surface area (Å²) in [5.74, 6) is -6.97. The Bertz CT molecular complexity index is 1300. The van der Waals surface area contributed by atoms with Crippen molar-refractivity contribution in [1.82, 2.24) is 0 Å². The maximum Gasteiger partial charge on any atom is 0.334 e. The minimum Gasteiger partial charge on any atom is -0.478 e. The first kappa shape index (κ1) is 42.1. The highest BCUT2D eigenvalue weighted by molar-refractivity contribution is 5.90. The van der Waals surface area contributed by atoms with E-state index in [0.717, 1.165) is 17.2 Å². The van der Waals surface area contributed by atoms with Gasteiger partial charge >= 0.3 is 17.9 Å². The smallest absolute Gasteiger partial charge is 0.334 e. The van der Waals surface area contributed by atoms with E-state index >= 15 is 0 Å². The highest BCUT2D eigenvalue weighted by atomic mass is 16.6. The Balaban J connectivity index is 2.48. The van der Waals surface area contributed by atoms with Crippen LogP contribution in [0.25, 0.3) is 0 Å². The first-order valence-corrected chi connectivity index (χ1v) is 17.2. The van der Waals surface area contributed by atoms with E-state index in [-0.39, 0.29) is 24.2 Å². The molecule has 2 rings (SSSR count). The summed E-state index contributed by atoms with van der Waals surface area (Å²) in [5.41, 5.74) is 2.15. The average Bonchev–Trinajstić information content (AvgIpc) is 3.04. The fourth-order valence-corrected chi connectivity index (χ4v) is 6.79. The Kier molecular flexibility index (Phi) is 16.1. The molecule has 0 radical (unpaired) electrons. The Morgan fingerprint density at radius 1 is 1.14 bits per heavy atom. The Morgan fingerprint density at radius 3 is 2.39 bits per heavy atom. The van der Waals surface area contributed by atoms with Gasteiger partial charge < -0.3 is 39.4 Å². The highest BCUT2D eigenvalue weighted by Gasteiger charge is 2.52. The zero-order valence-electron chi connectivity index (χ0n) is 30.7. The number of aliphatic carboxylic acids is 1. The molecule has 11 heteroatoms. The van der Waals surface area contributed by atoms with Gasteiger partial charge in [-0.1, -0.05) is 77.0 Å². The first-order chi connectivity index (χ1) is 22.8. The molecule has 0 amide bonds. The van der Waals surface area contributed by atoms with Crippen LogP contribution in [0.3, 0.4) is 0 Å². The molecule has 0 bridgehead atoms. The number of carboxylic acids is 1. The molecule has 0 unspecified atom stereocenters. The molecule has 2 heterocycles. The summed E-state index contributed by atoms with van der Waals surface area (Å²) in [6, 6.07) is 0. The second kappa shape index (κ2) is 18.8. The van der Waals surface area contributed by atoms with Crippen LogP contribution >= 0.6 is 0 Å². The van der Waals surface area contributed by atoms with Crippen molar-refractivity contribution in [1.29, 1.82) is 0 Å². The predicted molar refractivity (Wildman–Crippen MR) is 185 cm³/mol. The normalized spacial score (nSPS) is 38.1. The van der Waals surface area contributed by atoms with Gasteiger partial charge in [-0.2, -0.15) is 0 Å². The lowest BCUT2D eigenvalue weighted by molar-refractivity contribution is -0.323. The molecule has 4 N–H and O–H groups in total. The van der Waals surface area contributed by atoms with Crippen molar-refractivity contribution in [3.8, 4) is 0 Å². The van der Waals surface area contributed by atoms with Crippen molar-refractivity contribution in [2.45, 2.75) is 124 Å². The van der Waals surface area contributed by atoms with Crippen molar-refractivity contribution in [2.24, 2.45) is 29.6 Å². The van der Waals surface area contributed by atoms with Crippen LogP contribution in [0, 0.1) is 29.6 Å². The molecule has 0 saturated carbocycles. The van der Waals surface area contributed by atoms with E-state index in [1.807, 2.05) is 53.7 Å². The van der Waals surface area contributed by atoms with E-state index in [4.69, 9.17) is 24.1 Å². The summed E-state index contributed by atoms with van der Waals surface area (Å²) >= 11 is 0. The van der Waals surface area contributed by atoms with E-state index in [1.165, 1.54) is 7.11 Å². The zero-order chi connectivity index (χ0) is 37.2. The number of carbonyl (C=O) groups is 3. The van der Waals surface area contributed by atoms with Crippen LogP contribution in [0.4, 0.5) is 0 Å². The molecule has 49 heavy (non-hydrogen) atoms. The number of carboxylic acid groups (broad SMARTS) is 1. The molecular formula is C38H58O11. The maximum atomic E-state index is 13.5.